The molecule has 0 aromatic rings. The Morgan fingerprint density at radius 2 is 2.00 bits per heavy atom. The van der Waals surface area contributed by atoms with E-state index in [-0.39, 0.29) is 5.54 Å². The zero-order valence-corrected chi connectivity index (χ0v) is 12.6. The lowest BCUT2D eigenvalue weighted by Gasteiger charge is -2.30. The summed E-state index contributed by atoms with van der Waals surface area (Å²) in [7, 11) is -2.79. The van der Waals surface area contributed by atoms with Crippen molar-refractivity contribution in [1.29, 1.82) is 0 Å². The van der Waals surface area contributed by atoms with Crippen molar-refractivity contribution in [3.8, 4) is 0 Å². The molecular weight excluding hydrogens is 246 g/mol. The van der Waals surface area contributed by atoms with Crippen LogP contribution < -0.4 is 5.32 Å². The normalized spacial score (nSPS) is 40.6. The second-order valence-electron chi connectivity index (χ2n) is 6.53. The van der Waals surface area contributed by atoms with Crippen LogP contribution in [0.3, 0.4) is 0 Å². The van der Waals surface area contributed by atoms with Gasteiger partial charge in [-0.2, -0.15) is 0 Å². The molecule has 1 saturated heterocycles. The van der Waals surface area contributed by atoms with Crippen molar-refractivity contribution < 1.29 is 8.42 Å². The fourth-order valence-corrected chi connectivity index (χ4v) is 5.65. The first-order valence-electron chi connectivity index (χ1n) is 7.40. The van der Waals surface area contributed by atoms with E-state index in [0.717, 1.165) is 12.3 Å². The van der Waals surface area contributed by atoms with E-state index < -0.39 is 9.84 Å². The molecule has 0 amide bonds. The molecule has 18 heavy (non-hydrogen) atoms. The van der Waals surface area contributed by atoms with Gasteiger partial charge in [0.1, 0.15) is 0 Å². The number of rotatable bonds is 3. The van der Waals surface area contributed by atoms with Gasteiger partial charge >= 0.3 is 0 Å². The fourth-order valence-electron chi connectivity index (χ4n) is 3.55. The molecular formula is C14H27NO2S. The van der Waals surface area contributed by atoms with Crippen LogP contribution in [0, 0.1) is 5.92 Å². The first kappa shape index (κ1) is 14.3. The molecule has 1 heterocycles. The van der Waals surface area contributed by atoms with E-state index in [4.69, 9.17) is 0 Å². The Labute approximate surface area is 112 Å². The fraction of sp³-hybridized carbons (Fsp3) is 1.00. The lowest BCUT2D eigenvalue weighted by atomic mass is 9.96. The molecule has 3 nitrogen and oxygen atoms in total. The third kappa shape index (κ3) is 3.70. The van der Waals surface area contributed by atoms with Crippen LogP contribution in [0.2, 0.25) is 0 Å². The summed E-state index contributed by atoms with van der Waals surface area (Å²) in [6.45, 7) is 4.36. The minimum atomic E-state index is -2.79. The van der Waals surface area contributed by atoms with E-state index in [1.165, 1.54) is 38.5 Å². The van der Waals surface area contributed by atoms with Crippen molar-refractivity contribution in [1.82, 2.24) is 5.32 Å². The SMILES string of the molecule is CCC1CCCC(NC2(C)CCS(=O)(=O)C2)CC1. The number of nitrogens with one attached hydrogen (secondary N) is 1. The molecule has 1 N–H and O–H groups in total. The van der Waals surface area contributed by atoms with Crippen LogP contribution >= 0.6 is 0 Å². The molecule has 2 rings (SSSR count). The predicted molar refractivity (Wildman–Crippen MR) is 75.5 cm³/mol. The number of sulfone groups is 1. The van der Waals surface area contributed by atoms with E-state index in [0.29, 0.717) is 17.5 Å². The maximum atomic E-state index is 11.6. The Balaban J connectivity index is 1.90. The van der Waals surface area contributed by atoms with E-state index in [2.05, 4.69) is 19.2 Å². The van der Waals surface area contributed by atoms with Crippen molar-refractivity contribution in [2.24, 2.45) is 5.92 Å². The average Bonchev–Trinajstić information content (AvgIpc) is 2.49. The minimum Gasteiger partial charge on any atom is -0.308 e. The van der Waals surface area contributed by atoms with Gasteiger partial charge in [-0.15, -0.1) is 0 Å². The van der Waals surface area contributed by atoms with Gasteiger partial charge < -0.3 is 5.32 Å². The Kier molecular flexibility index (Phi) is 4.37. The molecule has 3 atom stereocenters. The third-order valence-corrected chi connectivity index (χ3v) is 6.62. The zero-order valence-electron chi connectivity index (χ0n) is 11.7. The van der Waals surface area contributed by atoms with Crippen LogP contribution in [0.1, 0.15) is 58.8 Å². The Hall–Kier alpha value is -0.0900. The molecule has 0 aromatic heterocycles. The molecule has 0 bridgehead atoms. The maximum Gasteiger partial charge on any atom is 0.152 e. The summed E-state index contributed by atoms with van der Waals surface area (Å²) >= 11 is 0. The lowest BCUT2D eigenvalue weighted by molar-refractivity contribution is 0.315. The van der Waals surface area contributed by atoms with Gasteiger partial charge in [0.15, 0.2) is 9.84 Å². The highest BCUT2D eigenvalue weighted by Crippen LogP contribution is 2.29. The van der Waals surface area contributed by atoms with Gasteiger partial charge in [-0.3, -0.25) is 0 Å². The number of hydrogen-bond acceptors (Lipinski definition) is 3. The smallest absolute Gasteiger partial charge is 0.152 e. The van der Waals surface area contributed by atoms with Crippen molar-refractivity contribution in [3.05, 3.63) is 0 Å². The summed E-state index contributed by atoms with van der Waals surface area (Å²) < 4.78 is 23.2. The van der Waals surface area contributed by atoms with Gasteiger partial charge in [0.2, 0.25) is 0 Å². The molecule has 0 spiro atoms. The van der Waals surface area contributed by atoms with Crippen LogP contribution in [-0.2, 0) is 9.84 Å². The van der Waals surface area contributed by atoms with Gasteiger partial charge in [-0.05, 0) is 38.5 Å². The summed E-state index contributed by atoms with van der Waals surface area (Å²) in [6.07, 6.45) is 8.45. The van der Waals surface area contributed by atoms with Crippen molar-refractivity contribution in [3.63, 3.8) is 0 Å². The quantitative estimate of drug-likeness (QED) is 0.804. The van der Waals surface area contributed by atoms with Crippen molar-refractivity contribution in [2.45, 2.75) is 70.4 Å². The van der Waals surface area contributed by atoms with Gasteiger partial charge in [-0.25, -0.2) is 8.42 Å². The molecule has 2 fully saturated rings. The molecule has 0 aromatic carbocycles. The second-order valence-corrected chi connectivity index (χ2v) is 8.71. The Morgan fingerprint density at radius 3 is 2.61 bits per heavy atom. The number of hydrogen-bond donors (Lipinski definition) is 1. The highest BCUT2D eigenvalue weighted by molar-refractivity contribution is 7.91. The monoisotopic (exact) mass is 273 g/mol. The molecule has 0 radical (unpaired) electrons. The van der Waals surface area contributed by atoms with Gasteiger partial charge in [0.05, 0.1) is 11.5 Å². The molecule has 2 aliphatic rings. The summed E-state index contributed by atoms with van der Waals surface area (Å²) in [5, 5.41) is 3.66. The lowest BCUT2D eigenvalue weighted by Crippen LogP contribution is -2.49. The van der Waals surface area contributed by atoms with Crippen LogP contribution in [0.5, 0.6) is 0 Å². The molecule has 106 valence electrons. The summed E-state index contributed by atoms with van der Waals surface area (Å²) in [6, 6.07) is 0.528. The van der Waals surface area contributed by atoms with E-state index in [9.17, 15) is 8.42 Å². The van der Waals surface area contributed by atoms with Crippen LogP contribution in [0.4, 0.5) is 0 Å². The standard InChI is InChI=1S/C14H27NO2S/c1-3-12-5-4-6-13(8-7-12)15-14(2)9-10-18(16,17)11-14/h12-13,15H,3-11H2,1-2H3. The Bertz CT molecular complexity index is 379. The second kappa shape index (κ2) is 5.49. The topological polar surface area (TPSA) is 46.2 Å². The molecule has 3 unspecified atom stereocenters. The molecule has 1 aliphatic carbocycles. The van der Waals surface area contributed by atoms with Crippen LogP contribution in [0.25, 0.3) is 0 Å². The summed E-state index contributed by atoms with van der Waals surface area (Å²) in [5.41, 5.74) is -0.171. The van der Waals surface area contributed by atoms with Crippen LogP contribution in [0.15, 0.2) is 0 Å². The largest absolute Gasteiger partial charge is 0.308 e. The van der Waals surface area contributed by atoms with E-state index >= 15 is 0 Å². The molecule has 1 aliphatic heterocycles. The zero-order chi connectivity index (χ0) is 13.2. The van der Waals surface area contributed by atoms with Gasteiger partial charge in [0.25, 0.3) is 0 Å². The van der Waals surface area contributed by atoms with Gasteiger partial charge in [-0.1, -0.05) is 26.2 Å². The predicted octanol–water partition coefficient (Wildman–Crippen LogP) is 2.51. The van der Waals surface area contributed by atoms with Crippen LogP contribution in [-0.4, -0.2) is 31.5 Å². The molecule has 4 heteroatoms. The maximum absolute atomic E-state index is 11.6. The van der Waals surface area contributed by atoms with Crippen molar-refractivity contribution >= 4 is 9.84 Å². The average molecular weight is 273 g/mol. The molecule has 1 saturated carbocycles. The highest BCUT2D eigenvalue weighted by Gasteiger charge is 2.39. The summed E-state index contributed by atoms with van der Waals surface area (Å²) in [4.78, 5) is 0. The van der Waals surface area contributed by atoms with Crippen molar-refractivity contribution in [2.75, 3.05) is 11.5 Å². The first-order valence-corrected chi connectivity index (χ1v) is 9.23. The van der Waals surface area contributed by atoms with E-state index in [1.807, 2.05) is 0 Å². The first-order chi connectivity index (χ1) is 8.42. The summed E-state index contributed by atoms with van der Waals surface area (Å²) in [5.74, 6) is 1.58. The highest BCUT2D eigenvalue weighted by atomic mass is 32.2. The van der Waals surface area contributed by atoms with E-state index in [1.54, 1.807) is 0 Å². The third-order valence-electron chi connectivity index (χ3n) is 4.72. The minimum absolute atomic E-state index is 0.171. The van der Waals surface area contributed by atoms with Gasteiger partial charge in [0, 0.05) is 11.6 Å². The Morgan fingerprint density at radius 1 is 1.22 bits per heavy atom.